The maximum Gasteiger partial charge on any atom is 0.0396 e. The van der Waals surface area contributed by atoms with E-state index in [-0.39, 0.29) is 0 Å². The van der Waals surface area contributed by atoms with Crippen LogP contribution in [0.4, 0.5) is 0 Å². The van der Waals surface area contributed by atoms with Crippen molar-refractivity contribution in [3.63, 3.8) is 0 Å². The van der Waals surface area contributed by atoms with E-state index in [9.17, 15) is 0 Å². The van der Waals surface area contributed by atoms with Gasteiger partial charge in [-0.3, -0.25) is 0 Å². The van der Waals surface area contributed by atoms with Crippen LogP contribution in [0.5, 0.6) is 0 Å². The minimum Gasteiger partial charge on any atom is -0.380 e. The lowest BCUT2D eigenvalue weighted by atomic mass is 10.3. The van der Waals surface area contributed by atoms with Crippen molar-refractivity contribution < 1.29 is 0 Å². The zero-order valence-electron chi connectivity index (χ0n) is 6.53. The van der Waals surface area contributed by atoms with E-state index in [0.717, 1.165) is 4.43 Å². The molecule has 0 atom stereocenters. The summed E-state index contributed by atoms with van der Waals surface area (Å²) in [5, 5.41) is 0. The molecule has 0 saturated carbocycles. The van der Waals surface area contributed by atoms with Crippen LogP contribution in [-0.4, -0.2) is 23.4 Å². The average Bonchev–Trinajstić information content (AvgIpc) is 1.64. The third-order valence-corrected chi connectivity index (χ3v) is 1.97. The van der Waals surface area contributed by atoms with Crippen LogP contribution >= 0.6 is 22.6 Å². The second kappa shape index (κ2) is 4.14. The fraction of sp³-hybridized carbons (Fsp3) is 0.714. The molecule has 0 bridgehead atoms. The number of allylic oxidation sites excluding steroid dienone is 2. The predicted molar refractivity (Wildman–Crippen MR) is 50.9 cm³/mol. The molecule has 0 unspecified atom stereocenters. The molecule has 0 aliphatic rings. The second-order valence-electron chi connectivity index (χ2n) is 2.47. The van der Waals surface area contributed by atoms with E-state index in [1.54, 1.807) is 0 Å². The van der Waals surface area contributed by atoms with Crippen LogP contribution in [0, 0.1) is 0 Å². The van der Waals surface area contributed by atoms with Crippen LogP contribution in [0.15, 0.2) is 11.3 Å². The minimum atomic E-state index is 1.10. The first-order chi connectivity index (χ1) is 4.09. The highest BCUT2D eigenvalue weighted by Gasteiger charge is 1.97. The molecule has 54 valence electrons. The molecule has 0 aromatic heterocycles. The Morgan fingerprint density at radius 1 is 1.33 bits per heavy atom. The van der Waals surface area contributed by atoms with Crippen molar-refractivity contribution in [3.05, 3.63) is 11.3 Å². The van der Waals surface area contributed by atoms with Crippen molar-refractivity contribution in [2.75, 3.05) is 18.5 Å². The third-order valence-electron chi connectivity index (χ3n) is 1.24. The Hall–Kier alpha value is 0.270. The molecule has 0 rings (SSSR count). The maximum absolute atomic E-state index is 2.38. The molecule has 0 aromatic carbocycles. The summed E-state index contributed by atoms with van der Waals surface area (Å²) in [7, 11) is 4.17. The summed E-state index contributed by atoms with van der Waals surface area (Å²) in [6, 6.07) is 0. The lowest BCUT2D eigenvalue weighted by molar-refractivity contribution is 0.511. The molecule has 0 radical (unpaired) electrons. The van der Waals surface area contributed by atoms with E-state index in [4.69, 9.17) is 0 Å². The Labute approximate surface area is 71.3 Å². The standard InChI is InChI=1S/C7H14IN/c1-6(2)7(5-8)9(3)4/h5H2,1-4H3. The van der Waals surface area contributed by atoms with Gasteiger partial charge in [0, 0.05) is 24.2 Å². The summed E-state index contributed by atoms with van der Waals surface area (Å²) in [6.45, 7) is 4.29. The van der Waals surface area contributed by atoms with E-state index < -0.39 is 0 Å². The van der Waals surface area contributed by atoms with Crippen molar-refractivity contribution in [1.29, 1.82) is 0 Å². The molecule has 0 spiro atoms. The molecule has 0 aliphatic heterocycles. The molecule has 2 heteroatoms. The van der Waals surface area contributed by atoms with Gasteiger partial charge in [-0.05, 0) is 13.8 Å². The van der Waals surface area contributed by atoms with E-state index in [1.807, 2.05) is 0 Å². The zero-order chi connectivity index (χ0) is 7.44. The summed E-state index contributed by atoms with van der Waals surface area (Å²) in [6.07, 6.45) is 0. The van der Waals surface area contributed by atoms with Crippen molar-refractivity contribution in [3.8, 4) is 0 Å². The number of hydrogen-bond acceptors (Lipinski definition) is 1. The van der Waals surface area contributed by atoms with Gasteiger partial charge in [-0.15, -0.1) is 0 Å². The van der Waals surface area contributed by atoms with E-state index >= 15 is 0 Å². The summed E-state index contributed by atoms with van der Waals surface area (Å²) in [5.41, 5.74) is 2.84. The van der Waals surface area contributed by atoms with Gasteiger partial charge in [0.05, 0.1) is 0 Å². The first kappa shape index (κ1) is 9.27. The number of alkyl halides is 1. The Balaban J connectivity index is 4.16. The van der Waals surface area contributed by atoms with Gasteiger partial charge in [0.1, 0.15) is 0 Å². The highest BCUT2D eigenvalue weighted by atomic mass is 127. The van der Waals surface area contributed by atoms with Crippen LogP contribution < -0.4 is 0 Å². The smallest absolute Gasteiger partial charge is 0.0396 e. The average molecular weight is 239 g/mol. The summed E-state index contributed by atoms with van der Waals surface area (Å²) in [5.74, 6) is 0. The van der Waals surface area contributed by atoms with E-state index in [1.165, 1.54) is 11.3 Å². The van der Waals surface area contributed by atoms with Gasteiger partial charge in [-0.25, -0.2) is 0 Å². The molecule has 9 heavy (non-hydrogen) atoms. The number of nitrogens with zero attached hydrogens (tertiary/aromatic N) is 1. The van der Waals surface area contributed by atoms with E-state index in [2.05, 4.69) is 55.4 Å². The minimum absolute atomic E-state index is 1.10. The summed E-state index contributed by atoms with van der Waals surface area (Å²) < 4.78 is 1.10. The lowest BCUT2D eigenvalue weighted by Gasteiger charge is -2.16. The Kier molecular flexibility index (Phi) is 4.27. The third kappa shape index (κ3) is 3.08. The van der Waals surface area contributed by atoms with Gasteiger partial charge < -0.3 is 4.90 Å². The molecule has 0 aliphatic carbocycles. The fourth-order valence-electron chi connectivity index (χ4n) is 0.700. The van der Waals surface area contributed by atoms with Crippen molar-refractivity contribution in [2.24, 2.45) is 0 Å². The largest absolute Gasteiger partial charge is 0.380 e. The summed E-state index contributed by atoms with van der Waals surface area (Å²) in [4.78, 5) is 2.17. The Bertz CT molecular complexity index is 112. The van der Waals surface area contributed by atoms with E-state index in [0.29, 0.717) is 0 Å². The topological polar surface area (TPSA) is 3.24 Å². The molecule has 1 nitrogen and oxygen atoms in total. The van der Waals surface area contributed by atoms with Gasteiger partial charge in [-0.2, -0.15) is 0 Å². The first-order valence-electron chi connectivity index (χ1n) is 2.99. The first-order valence-corrected chi connectivity index (χ1v) is 4.51. The molecule has 0 heterocycles. The molecule has 0 aromatic rings. The fourth-order valence-corrected chi connectivity index (χ4v) is 2.15. The normalized spacial score (nSPS) is 9.00. The predicted octanol–water partition coefficient (Wildman–Crippen LogP) is 2.28. The zero-order valence-corrected chi connectivity index (χ0v) is 8.69. The van der Waals surface area contributed by atoms with Gasteiger partial charge in [0.2, 0.25) is 0 Å². The van der Waals surface area contributed by atoms with Crippen molar-refractivity contribution in [1.82, 2.24) is 4.90 Å². The van der Waals surface area contributed by atoms with Gasteiger partial charge in [0.25, 0.3) is 0 Å². The van der Waals surface area contributed by atoms with Gasteiger partial charge in [-0.1, -0.05) is 28.2 Å². The van der Waals surface area contributed by atoms with Crippen molar-refractivity contribution >= 4 is 22.6 Å². The number of halogens is 1. The van der Waals surface area contributed by atoms with Gasteiger partial charge >= 0.3 is 0 Å². The monoisotopic (exact) mass is 239 g/mol. The SMILES string of the molecule is CC(C)=C(CI)N(C)C. The van der Waals surface area contributed by atoms with Crippen LogP contribution in [0.25, 0.3) is 0 Å². The Morgan fingerprint density at radius 2 is 1.78 bits per heavy atom. The molecular formula is C7H14IN. The highest BCUT2D eigenvalue weighted by Crippen LogP contribution is 2.08. The molecule has 0 amide bonds. The van der Waals surface area contributed by atoms with Gasteiger partial charge in [0.15, 0.2) is 0 Å². The maximum atomic E-state index is 2.38. The Morgan fingerprint density at radius 3 is 1.78 bits per heavy atom. The molecular weight excluding hydrogens is 225 g/mol. The molecule has 0 fully saturated rings. The molecule has 0 N–H and O–H groups in total. The van der Waals surface area contributed by atoms with Crippen molar-refractivity contribution in [2.45, 2.75) is 13.8 Å². The quantitative estimate of drug-likeness (QED) is 0.527. The molecule has 0 saturated heterocycles. The van der Waals surface area contributed by atoms with Crippen LogP contribution in [-0.2, 0) is 0 Å². The summed E-state index contributed by atoms with van der Waals surface area (Å²) >= 11 is 2.38. The van der Waals surface area contributed by atoms with Crippen LogP contribution in [0.1, 0.15) is 13.8 Å². The number of hydrogen-bond donors (Lipinski definition) is 0. The number of rotatable bonds is 2. The second-order valence-corrected chi connectivity index (χ2v) is 3.24. The highest BCUT2D eigenvalue weighted by molar-refractivity contribution is 14.1. The lowest BCUT2D eigenvalue weighted by Crippen LogP contribution is -2.13. The van der Waals surface area contributed by atoms with Crippen LogP contribution in [0.2, 0.25) is 0 Å². The van der Waals surface area contributed by atoms with Crippen LogP contribution in [0.3, 0.4) is 0 Å².